The molecule has 3 aromatic rings. The third-order valence-corrected chi connectivity index (χ3v) is 7.88. The Bertz CT molecular complexity index is 1460. The Morgan fingerprint density at radius 1 is 0.974 bits per heavy atom. The first kappa shape index (κ1) is 25.3. The van der Waals surface area contributed by atoms with Crippen molar-refractivity contribution in [2.45, 2.75) is 32.2 Å². The molecule has 0 spiro atoms. The van der Waals surface area contributed by atoms with Gasteiger partial charge in [0.05, 0.1) is 7.89 Å². The number of amides is 1. The first-order valence-electron chi connectivity index (χ1n) is 13.7. The minimum atomic E-state index is -1.46. The van der Waals surface area contributed by atoms with Crippen molar-refractivity contribution in [3.05, 3.63) is 89.5 Å². The zero-order valence-electron chi connectivity index (χ0n) is 23.0. The molecule has 2 aliphatic rings. The van der Waals surface area contributed by atoms with E-state index >= 15 is 4.39 Å². The van der Waals surface area contributed by atoms with Crippen molar-refractivity contribution in [3.63, 3.8) is 0 Å². The van der Waals surface area contributed by atoms with E-state index in [1.807, 2.05) is 43.3 Å². The van der Waals surface area contributed by atoms with Gasteiger partial charge < -0.3 is 14.9 Å². The molecule has 0 aromatic heterocycles. The molecule has 5 nitrogen and oxygen atoms in total. The van der Waals surface area contributed by atoms with E-state index in [2.05, 4.69) is 0 Å². The third-order valence-electron chi connectivity index (χ3n) is 7.88. The summed E-state index contributed by atoms with van der Waals surface area (Å²) in [6.07, 6.45) is 5.78. The van der Waals surface area contributed by atoms with Gasteiger partial charge in [-0.05, 0) is 90.3 Å². The number of carboxylic acids is 1. The van der Waals surface area contributed by atoms with Crippen LogP contribution >= 0.6 is 0 Å². The SMILES string of the molecule is [2H][C@@H](c1ccc(-c2ccc(N(C)C)cc2)cc1F)N(C(=O)[C@H]1C[C@@H]2CC[C@H]1C2)c1cc(F)cc(/C=C/C(=O)O)c1. The molecule has 3 aromatic carbocycles. The molecular weight excluding hydrogens is 498 g/mol. The summed E-state index contributed by atoms with van der Waals surface area (Å²) in [5.74, 6) is -2.50. The van der Waals surface area contributed by atoms with Gasteiger partial charge in [-0.3, -0.25) is 4.79 Å². The largest absolute Gasteiger partial charge is 0.478 e. The minimum Gasteiger partial charge on any atom is -0.478 e. The number of aliphatic carboxylic acids is 1. The zero-order valence-corrected chi connectivity index (χ0v) is 22.0. The second-order valence-corrected chi connectivity index (χ2v) is 10.7. The summed E-state index contributed by atoms with van der Waals surface area (Å²) < 4.78 is 39.4. The Balaban J connectivity index is 1.51. The first-order valence-corrected chi connectivity index (χ1v) is 13.1. The van der Waals surface area contributed by atoms with Crippen LogP contribution in [0.15, 0.2) is 66.7 Å². The van der Waals surface area contributed by atoms with Crippen molar-refractivity contribution in [2.75, 3.05) is 23.9 Å². The Morgan fingerprint density at radius 3 is 2.33 bits per heavy atom. The zero-order chi connectivity index (χ0) is 28.6. The van der Waals surface area contributed by atoms with Gasteiger partial charge in [0.1, 0.15) is 11.6 Å². The van der Waals surface area contributed by atoms with Crippen LogP contribution in [0.2, 0.25) is 0 Å². The number of hydrogen-bond donors (Lipinski definition) is 1. The van der Waals surface area contributed by atoms with Crippen LogP contribution in [-0.2, 0) is 16.1 Å². The lowest BCUT2D eigenvalue weighted by Gasteiger charge is -2.30. The number of halogens is 2. The number of fused-ring (bicyclic) bond motifs is 2. The van der Waals surface area contributed by atoms with Gasteiger partial charge in [-0.15, -0.1) is 0 Å². The van der Waals surface area contributed by atoms with Crippen LogP contribution < -0.4 is 9.80 Å². The van der Waals surface area contributed by atoms with E-state index in [1.165, 1.54) is 29.2 Å². The molecular formula is C32H32F2N2O3. The van der Waals surface area contributed by atoms with Crippen molar-refractivity contribution >= 4 is 29.3 Å². The second-order valence-electron chi connectivity index (χ2n) is 10.7. The van der Waals surface area contributed by atoms with Gasteiger partial charge in [0.2, 0.25) is 5.91 Å². The number of carbonyl (C=O) groups is 2. The maximum atomic E-state index is 15.6. The molecule has 0 unspecified atom stereocenters. The molecule has 0 saturated heterocycles. The van der Waals surface area contributed by atoms with Gasteiger partial charge in [0.15, 0.2) is 0 Å². The number of carbonyl (C=O) groups excluding carboxylic acids is 1. The van der Waals surface area contributed by atoms with Crippen LogP contribution in [0.5, 0.6) is 0 Å². The maximum absolute atomic E-state index is 15.6. The summed E-state index contributed by atoms with van der Waals surface area (Å²) in [6, 6.07) is 16.0. The van der Waals surface area contributed by atoms with E-state index < -0.39 is 24.1 Å². The van der Waals surface area contributed by atoms with Gasteiger partial charge in [0.25, 0.3) is 0 Å². The first-order chi connectivity index (χ1) is 19.1. The van der Waals surface area contributed by atoms with Crippen LogP contribution in [0.4, 0.5) is 20.2 Å². The van der Waals surface area contributed by atoms with Crippen molar-refractivity contribution < 1.29 is 24.8 Å². The highest BCUT2D eigenvalue weighted by atomic mass is 19.1. The second kappa shape index (κ2) is 11.0. The van der Waals surface area contributed by atoms with Gasteiger partial charge in [-0.2, -0.15) is 0 Å². The molecule has 202 valence electrons. The van der Waals surface area contributed by atoms with Crippen molar-refractivity contribution in [2.24, 2.45) is 17.8 Å². The number of benzene rings is 3. The standard InChI is InChI=1S/C32H32F2N2O3/c1-35(2)27-10-8-22(9-11-27)23-6-7-25(30(34)17-23)19-36(32(39)29-16-20-3-5-24(29)13-20)28-15-21(4-12-31(37)38)14-26(33)18-28/h4,6-12,14-15,17-18,20,24,29H,3,5,13,16,19H2,1-2H3,(H,37,38)/b12-4+/t20-,24+,29+/m1/s1/i19D/t19-,20+,24-,29-/m0. The van der Waals surface area contributed by atoms with Gasteiger partial charge in [0, 0.05) is 43.0 Å². The maximum Gasteiger partial charge on any atom is 0.328 e. The molecule has 2 saturated carbocycles. The average molecular weight is 532 g/mol. The third kappa shape index (κ3) is 5.87. The van der Waals surface area contributed by atoms with Crippen molar-refractivity contribution in [1.82, 2.24) is 0 Å². The Labute approximate surface area is 228 Å². The summed E-state index contributed by atoms with van der Waals surface area (Å²) in [7, 11) is 3.87. The fourth-order valence-electron chi connectivity index (χ4n) is 5.89. The van der Waals surface area contributed by atoms with E-state index in [9.17, 15) is 14.0 Å². The highest BCUT2D eigenvalue weighted by Crippen LogP contribution is 2.49. The number of rotatable bonds is 8. The van der Waals surface area contributed by atoms with Gasteiger partial charge >= 0.3 is 5.97 Å². The molecule has 2 fully saturated rings. The van der Waals surface area contributed by atoms with E-state index in [0.717, 1.165) is 48.7 Å². The average Bonchev–Trinajstić information content (AvgIpc) is 3.56. The molecule has 1 amide bonds. The summed E-state index contributed by atoms with van der Waals surface area (Å²) in [4.78, 5) is 28.1. The van der Waals surface area contributed by atoms with Crippen molar-refractivity contribution in [3.8, 4) is 11.1 Å². The quantitative estimate of drug-likeness (QED) is 0.326. The van der Waals surface area contributed by atoms with E-state index in [0.29, 0.717) is 17.9 Å². The predicted molar refractivity (Wildman–Crippen MR) is 149 cm³/mol. The lowest BCUT2D eigenvalue weighted by Crippen LogP contribution is -2.38. The lowest BCUT2D eigenvalue weighted by molar-refractivity contribution is -0.131. The van der Waals surface area contributed by atoms with E-state index in [4.69, 9.17) is 6.48 Å². The monoisotopic (exact) mass is 531 g/mol. The molecule has 0 heterocycles. The van der Waals surface area contributed by atoms with Crippen LogP contribution in [0, 0.1) is 29.4 Å². The van der Waals surface area contributed by atoms with Gasteiger partial charge in [-0.25, -0.2) is 13.6 Å². The Hall–Kier alpha value is -4.00. The minimum absolute atomic E-state index is 0.00272. The number of hydrogen-bond acceptors (Lipinski definition) is 3. The molecule has 5 rings (SSSR count). The topological polar surface area (TPSA) is 60.9 Å². The summed E-state index contributed by atoms with van der Waals surface area (Å²) in [5.41, 5.74) is 2.78. The van der Waals surface area contributed by atoms with Crippen LogP contribution in [0.3, 0.4) is 0 Å². The van der Waals surface area contributed by atoms with Crippen LogP contribution in [0.25, 0.3) is 17.2 Å². The molecule has 2 bridgehead atoms. The molecule has 2 aliphatic carbocycles. The number of carboxylic acid groups (broad SMARTS) is 1. The summed E-state index contributed by atoms with van der Waals surface area (Å²) in [6.45, 7) is -1.46. The smallest absolute Gasteiger partial charge is 0.328 e. The number of nitrogens with zero attached hydrogens (tertiary/aromatic N) is 2. The highest BCUT2D eigenvalue weighted by molar-refractivity contribution is 5.96. The van der Waals surface area contributed by atoms with Gasteiger partial charge in [-0.1, -0.05) is 30.7 Å². The molecule has 7 heteroatoms. The lowest BCUT2D eigenvalue weighted by atomic mass is 9.87. The van der Waals surface area contributed by atoms with E-state index in [-0.39, 0.29) is 34.6 Å². The normalized spacial score (nSPS) is 21.1. The molecule has 4 atom stereocenters. The fraction of sp³-hybridized carbons (Fsp3) is 0.312. The van der Waals surface area contributed by atoms with E-state index in [1.54, 1.807) is 6.07 Å². The summed E-state index contributed by atoms with van der Waals surface area (Å²) in [5, 5.41) is 9.01. The predicted octanol–water partition coefficient (Wildman–Crippen LogP) is 6.77. The highest BCUT2D eigenvalue weighted by Gasteiger charge is 2.44. The Kier molecular flexibility index (Phi) is 7.14. The molecule has 1 N–H and O–H groups in total. The summed E-state index contributed by atoms with van der Waals surface area (Å²) >= 11 is 0. The molecule has 0 aliphatic heterocycles. The fourth-order valence-corrected chi connectivity index (χ4v) is 5.89. The van der Waals surface area contributed by atoms with Crippen LogP contribution in [-0.4, -0.2) is 31.1 Å². The molecule has 39 heavy (non-hydrogen) atoms. The number of anilines is 2. The molecule has 0 radical (unpaired) electrons. The van der Waals surface area contributed by atoms with Crippen LogP contribution in [0.1, 0.15) is 38.2 Å². The van der Waals surface area contributed by atoms with Crippen molar-refractivity contribution in [1.29, 1.82) is 0 Å². The Morgan fingerprint density at radius 2 is 1.72 bits per heavy atom.